The van der Waals surface area contributed by atoms with Gasteiger partial charge >= 0.3 is 0 Å². The molecule has 1 N–H and O–H groups in total. The summed E-state index contributed by atoms with van der Waals surface area (Å²) < 4.78 is 40.8. The Labute approximate surface area is 147 Å². The van der Waals surface area contributed by atoms with Crippen LogP contribution in [0.15, 0.2) is 12.1 Å². The van der Waals surface area contributed by atoms with Crippen molar-refractivity contribution in [3.05, 3.63) is 17.7 Å². The summed E-state index contributed by atoms with van der Waals surface area (Å²) in [5.41, 5.74) is 0.240. The monoisotopic (exact) mass is 373 g/mol. The number of amides is 1. The van der Waals surface area contributed by atoms with E-state index in [1.165, 1.54) is 32.6 Å². The molecule has 25 heavy (non-hydrogen) atoms. The van der Waals surface area contributed by atoms with E-state index >= 15 is 0 Å². The first kappa shape index (κ1) is 19.4. The fraction of sp³-hybridized carbons (Fsp3) is 0.600. The van der Waals surface area contributed by atoms with Crippen LogP contribution in [0.2, 0.25) is 0 Å². The van der Waals surface area contributed by atoms with E-state index in [1.807, 2.05) is 0 Å². The predicted molar refractivity (Wildman–Crippen MR) is 90.4 cm³/mol. The second kappa shape index (κ2) is 7.98. The Hall–Kier alpha value is -1.91. The molecule has 0 bridgehead atoms. The SMILES string of the molecule is COc1ccc(C(=O)N[C@H]2COC[C@H]2CS(=O)(=O)N(C)C)c(OC)n1. The quantitative estimate of drug-likeness (QED) is 0.701. The van der Waals surface area contributed by atoms with Crippen LogP contribution in [0, 0.1) is 5.92 Å². The fourth-order valence-electron chi connectivity index (χ4n) is 2.45. The van der Waals surface area contributed by atoms with Gasteiger partial charge in [0.1, 0.15) is 5.56 Å². The van der Waals surface area contributed by atoms with Gasteiger partial charge in [0.25, 0.3) is 5.91 Å². The predicted octanol–water partition coefficient (Wildman–Crippen LogP) is -0.265. The van der Waals surface area contributed by atoms with E-state index in [2.05, 4.69) is 10.3 Å². The van der Waals surface area contributed by atoms with Crippen LogP contribution in [-0.2, 0) is 14.8 Å². The van der Waals surface area contributed by atoms with Crippen molar-refractivity contribution < 1.29 is 27.4 Å². The Morgan fingerprint density at radius 2 is 2.04 bits per heavy atom. The Kier molecular flexibility index (Phi) is 6.20. The Balaban J connectivity index is 2.12. The van der Waals surface area contributed by atoms with Gasteiger partial charge in [-0.25, -0.2) is 12.7 Å². The molecule has 1 aromatic heterocycles. The van der Waals surface area contributed by atoms with E-state index in [1.54, 1.807) is 12.1 Å². The minimum atomic E-state index is -3.39. The molecule has 10 heteroatoms. The highest BCUT2D eigenvalue weighted by Gasteiger charge is 2.34. The number of sulfonamides is 1. The highest BCUT2D eigenvalue weighted by Crippen LogP contribution is 2.22. The molecule has 9 nitrogen and oxygen atoms in total. The molecule has 140 valence electrons. The van der Waals surface area contributed by atoms with Crippen molar-refractivity contribution in [2.45, 2.75) is 6.04 Å². The number of nitrogens with one attached hydrogen (secondary N) is 1. The third-order valence-electron chi connectivity index (χ3n) is 3.98. The molecule has 1 aromatic rings. The van der Waals surface area contributed by atoms with Gasteiger partial charge in [-0.3, -0.25) is 4.79 Å². The molecule has 0 radical (unpaired) electrons. The average molecular weight is 373 g/mol. The van der Waals surface area contributed by atoms with Crippen LogP contribution in [0.1, 0.15) is 10.4 Å². The number of hydrogen-bond acceptors (Lipinski definition) is 7. The molecule has 2 heterocycles. The Morgan fingerprint density at radius 1 is 1.32 bits per heavy atom. The van der Waals surface area contributed by atoms with Crippen LogP contribution >= 0.6 is 0 Å². The van der Waals surface area contributed by atoms with Crippen LogP contribution < -0.4 is 14.8 Å². The van der Waals surface area contributed by atoms with Crippen LogP contribution in [-0.4, -0.2) is 76.9 Å². The highest BCUT2D eigenvalue weighted by molar-refractivity contribution is 7.89. The van der Waals surface area contributed by atoms with Crippen LogP contribution in [0.25, 0.3) is 0 Å². The van der Waals surface area contributed by atoms with E-state index in [0.29, 0.717) is 5.88 Å². The maximum Gasteiger partial charge on any atom is 0.257 e. The van der Waals surface area contributed by atoms with Gasteiger partial charge in [-0.15, -0.1) is 0 Å². The average Bonchev–Trinajstić information content (AvgIpc) is 3.00. The third kappa shape index (κ3) is 4.59. The fourth-order valence-corrected chi connectivity index (χ4v) is 3.62. The standard InChI is InChI=1S/C15H23N3O6S/c1-18(2)25(20,21)9-10-7-24-8-12(10)16-14(19)11-5-6-13(22-3)17-15(11)23-4/h5-6,10,12H,7-9H2,1-4H3,(H,16,19)/t10-,12-/m0/s1. The number of hydrogen-bond donors (Lipinski definition) is 1. The van der Waals surface area contributed by atoms with Crippen LogP contribution in [0.3, 0.4) is 0 Å². The molecule has 2 rings (SSSR count). The van der Waals surface area contributed by atoms with Crippen molar-refractivity contribution in [3.8, 4) is 11.8 Å². The zero-order valence-electron chi connectivity index (χ0n) is 14.7. The summed E-state index contributed by atoms with van der Waals surface area (Å²) in [5, 5.41) is 2.81. The maximum absolute atomic E-state index is 12.5. The first-order chi connectivity index (χ1) is 11.8. The second-order valence-electron chi connectivity index (χ2n) is 5.85. The lowest BCUT2D eigenvalue weighted by molar-refractivity contribution is 0.0922. The minimum absolute atomic E-state index is 0.0943. The normalized spacial score (nSPS) is 20.5. The maximum atomic E-state index is 12.5. The number of methoxy groups -OCH3 is 2. The van der Waals surface area contributed by atoms with E-state index in [9.17, 15) is 13.2 Å². The van der Waals surface area contributed by atoms with E-state index in [-0.39, 0.29) is 36.3 Å². The molecule has 0 aliphatic carbocycles. The number of carbonyl (C=O) groups excluding carboxylic acids is 1. The van der Waals surface area contributed by atoms with Gasteiger partial charge < -0.3 is 19.5 Å². The van der Waals surface area contributed by atoms with E-state index in [4.69, 9.17) is 14.2 Å². The molecule has 2 atom stereocenters. The van der Waals surface area contributed by atoms with Gasteiger partial charge in [-0.05, 0) is 6.07 Å². The number of rotatable bonds is 7. The number of nitrogens with zero attached hydrogens (tertiary/aromatic N) is 2. The summed E-state index contributed by atoms with van der Waals surface area (Å²) in [7, 11) is 2.44. The summed E-state index contributed by atoms with van der Waals surface area (Å²) >= 11 is 0. The highest BCUT2D eigenvalue weighted by atomic mass is 32.2. The molecule has 0 unspecified atom stereocenters. The number of carbonyl (C=O) groups is 1. The van der Waals surface area contributed by atoms with Gasteiger partial charge in [0.15, 0.2) is 0 Å². The second-order valence-corrected chi connectivity index (χ2v) is 8.08. The smallest absolute Gasteiger partial charge is 0.257 e. The lowest BCUT2D eigenvalue weighted by Gasteiger charge is -2.21. The molecule has 1 aliphatic rings. The summed E-state index contributed by atoms with van der Waals surface area (Å²) in [6.07, 6.45) is 0. The summed E-state index contributed by atoms with van der Waals surface area (Å²) in [6, 6.07) is 2.69. The molecular formula is C15H23N3O6S. The molecule has 0 spiro atoms. The number of aromatic nitrogens is 1. The van der Waals surface area contributed by atoms with Crippen molar-refractivity contribution in [1.82, 2.24) is 14.6 Å². The molecule has 1 fully saturated rings. The Bertz CT molecular complexity index is 722. The lowest BCUT2D eigenvalue weighted by Crippen LogP contribution is -2.43. The third-order valence-corrected chi connectivity index (χ3v) is 5.94. The van der Waals surface area contributed by atoms with Crippen molar-refractivity contribution in [3.63, 3.8) is 0 Å². The van der Waals surface area contributed by atoms with Gasteiger partial charge in [0.05, 0.1) is 39.2 Å². The minimum Gasteiger partial charge on any atom is -0.481 e. The van der Waals surface area contributed by atoms with Gasteiger partial charge in [-0.1, -0.05) is 0 Å². The molecule has 0 aromatic carbocycles. The van der Waals surface area contributed by atoms with Gasteiger partial charge in [0, 0.05) is 26.1 Å². The van der Waals surface area contributed by atoms with E-state index < -0.39 is 22.0 Å². The van der Waals surface area contributed by atoms with Crippen molar-refractivity contribution in [2.75, 3.05) is 47.3 Å². The van der Waals surface area contributed by atoms with Crippen molar-refractivity contribution >= 4 is 15.9 Å². The number of pyridine rings is 1. The summed E-state index contributed by atoms with van der Waals surface area (Å²) in [4.78, 5) is 16.6. The van der Waals surface area contributed by atoms with Crippen LogP contribution in [0.5, 0.6) is 11.8 Å². The molecule has 1 aliphatic heterocycles. The first-order valence-corrected chi connectivity index (χ1v) is 9.27. The lowest BCUT2D eigenvalue weighted by atomic mass is 10.1. The first-order valence-electron chi connectivity index (χ1n) is 7.66. The summed E-state index contributed by atoms with van der Waals surface area (Å²) in [6.45, 7) is 0.529. The zero-order valence-corrected chi connectivity index (χ0v) is 15.5. The van der Waals surface area contributed by atoms with E-state index in [0.717, 1.165) is 0 Å². The van der Waals surface area contributed by atoms with Gasteiger partial charge in [0.2, 0.25) is 21.8 Å². The molecule has 0 saturated carbocycles. The Morgan fingerprint density at radius 3 is 2.64 bits per heavy atom. The topological polar surface area (TPSA) is 107 Å². The largest absolute Gasteiger partial charge is 0.481 e. The summed E-state index contributed by atoms with van der Waals surface area (Å²) in [5.74, 6) is -0.368. The molecule has 1 saturated heterocycles. The van der Waals surface area contributed by atoms with Crippen molar-refractivity contribution in [2.24, 2.45) is 5.92 Å². The van der Waals surface area contributed by atoms with Gasteiger partial charge in [-0.2, -0.15) is 4.98 Å². The van der Waals surface area contributed by atoms with Crippen molar-refractivity contribution in [1.29, 1.82) is 0 Å². The van der Waals surface area contributed by atoms with Crippen LogP contribution in [0.4, 0.5) is 0 Å². The zero-order chi connectivity index (χ0) is 18.6. The molecular weight excluding hydrogens is 350 g/mol. The molecule has 1 amide bonds. The number of ether oxygens (including phenoxy) is 3.